The number of ether oxygens (including phenoxy) is 1. The molecule has 0 saturated heterocycles. The van der Waals surface area contributed by atoms with Gasteiger partial charge in [0.1, 0.15) is 11.6 Å². The Morgan fingerprint density at radius 1 is 1.24 bits per heavy atom. The molecule has 0 bridgehead atoms. The average Bonchev–Trinajstić information content (AvgIpc) is 3.48. The second-order valence-electron chi connectivity index (χ2n) is 8.06. The van der Waals surface area contributed by atoms with Crippen LogP contribution in [0.4, 0.5) is 0 Å². The molecule has 2 N–H and O–H groups in total. The van der Waals surface area contributed by atoms with Crippen molar-refractivity contribution in [2.24, 2.45) is 10.9 Å². The predicted octanol–water partition coefficient (Wildman–Crippen LogP) is 2.97. The van der Waals surface area contributed by atoms with Gasteiger partial charge in [0, 0.05) is 25.1 Å². The number of hydrogen-bond donors (Lipinski definition) is 2. The molecule has 0 amide bonds. The molecule has 0 spiro atoms. The van der Waals surface area contributed by atoms with Crippen molar-refractivity contribution in [3.05, 3.63) is 41.0 Å². The highest BCUT2D eigenvalue weighted by atomic mass is 16.5. The molecule has 0 unspecified atom stereocenters. The fraction of sp³-hybridized carbons (Fsp3) is 0.591. The number of nitrogens with zero attached hydrogens (tertiary/aromatic N) is 4. The van der Waals surface area contributed by atoms with Crippen molar-refractivity contribution >= 4 is 5.96 Å². The largest absolute Gasteiger partial charge is 0.493 e. The topological polar surface area (TPSA) is 76.4 Å². The molecule has 7 heteroatoms. The molecular formula is C22H32N6O. The summed E-state index contributed by atoms with van der Waals surface area (Å²) in [7, 11) is 0. The molecular weight excluding hydrogens is 364 g/mol. The van der Waals surface area contributed by atoms with Crippen LogP contribution < -0.4 is 15.4 Å². The maximum Gasteiger partial charge on any atom is 0.191 e. The first-order chi connectivity index (χ1) is 14.2. The molecule has 0 atom stereocenters. The quantitative estimate of drug-likeness (QED) is 0.530. The van der Waals surface area contributed by atoms with Crippen LogP contribution in [0.1, 0.15) is 55.4 Å². The minimum atomic E-state index is 0.577. The summed E-state index contributed by atoms with van der Waals surface area (Å²) < 4.78 is 8.32. The van der Waals surface area contributed by atoms with Gasteiger partial charge in [-0.25, -0.2) is 4.99 Å². The van der Waals surface area contributed by atoms with Crippen molar-refractivity contribution in [2.75, 3.05) is 13.2 Å². The Balaban J connectivity index is 1.41. The summed E-state index contributed by atoms with van der Waals surface area (Å²) >= 11 is 0. The van der Waals surface area contributed by atoms with E-state index >= 15 is 0 Å². The molecule has 1 aromatic carbocycles. The van der Waals surface area contributed by atoms with E-state index in [1.165, 1.54) is 31.2 Å². The number of hydrogen-bond acceptors (Lipinski definition) is 4. The van der Waals surface area contributed by atoms with Gasteiger partial charge in [-0.05, 0) is 57.1 Å². The highest BCUT2D eigenvalue weighted by molar-refractivity contribution is 5.79. The van der Waals surface area contributed by atoms with Gasteiger partial charge in [0.15, 0.2) is 11.8 Å². The summed E-state index contributed by atoms with van der Waals surface area (Å²) in [5.41, 5.74) is 2.33. The van der Waals surface area contributed by atoms with Crippen LogP contribution in [-0.4, -0.2) is 33.9 Å². The molecule has 1 aromatic heterocycles. The van der Waals surface area contributed by atoms with Crippen LogP contribution in [0.2, 0.25) is 0 Å². The number of aromatic nitrogens is 3. The molecule has 2 aromatic rings. The average molecular weight is 397 g/mol. The number of aryl methyl sites for hydroxylation is 2. The van der Waals surface area contributed by atoms with Crippen molar-refractivity contribution in [1.29, 1.82) is 0 Å². The zero-order chi connectivity index (χ0) is 20.1. The number of guanidine groups is 1. The van der Waals surface area contributed by atoms with Crippen molar-refractivity contribution in [1.82, 2.24) is 25.4 Å². The van der Waals surface area contributed by atoms with Crippen LogP contribution in [0, 0.1) is 12.8 Å². The SMILES string of the molecule is CCNC(=NCc1ccc(C)cc1OCC1CC1)NCc1nnc2n1CCCC2. The first-order valence-corrected chi connectivity index (χ1v) is 10.9. The summed E-state index contributed by atoms with van der Waals surface area (Å²) in [5, 5.41) is 15.4. The van der Waals surface area contributed by atoms with Gasteiger partial charge < -0.3 is 19.9 Å². The lowest BCUT2D eigenvalue weighted by Crippen LogP contribution is -2.37. The Morgan fingerprint density at radius 3 is 2.97 bits per heavy atom. The van der Waals surface area contributed by atoms with E-state index in [-0.39, 0.29) is 0 Å². The lowest BCUT2D eigenvalue weighted by molar-refractivity contribution is 0.296. The maximum absolute atomic E-state index is 6.08. The van der Waals surface area contributed by atoms with E-state index in [9.17, 15) is 0 Å². The fourth-order valence-corrected chi connectivity index (χ4v) is 3.59. The molecule has 7 nitrogen and oxygen atoms in total. The van der Waals surface area contributed by atoms with E-state index in [0.717, 1.165) is 61.0 Å². The van der Waals surface area contributed by atoms with Gasteiger partial charge in [-0.3, -0.25) is 0 Å². The second-order valence-corrected chi connectivity index (χ2v) is 8.06. The summed E-state index contributed by atoms with van der Waals surface area (Å²) in [6.07, 6.45) is 6.01. The van der Waals surface area contributed by atoms with E-state index < -0.39 is 0 Å². The molecule has 2 heterocycles. The predicted molar refractivity (Wildman–Crippen MR) is 114 cm³/mol. The second kappa shape index (κ2) is 9.29. The summed E-state index contributed by atoms with van der Waals surface area (Å²) in [5.74, 6) is 4.57. The van der Waals surface area contributed by atoms with E-state index in [2.05, 4.69) is 57.4 Å². The van der Waals surface area contributed by atoms with Gasteiger partial charge in [0.05, 0.1) is 19.7 Å². The monoisotopic (exact) mass is 396 g/mol. The lowest BCUT2D eigenvalue weighted by atomic mass is 10.1. The van der Waals surface area contributed by atoms with Crippen LogP contribution >= 0.6 is 0 Å². The first kappa shape index (κ1) is 19.7. The van der Waals surface area contributed by atoms with Crippen molar-refractivity contribution in [2.45, 2.75) is 65.6 Å². The number of benzene rings is 1. The highest BCUT2D eigenvalue weighted by Crippen LogP contribution is 2.31. The van der Waals surface area contributed by atoms with Crippen LogP contribution in [0.5, 0.6) is 5.75 Å². The van der Waals surface area contributed by atoms with E-state index in [1.54, 1.807) is 0 Å². The van der Waals surface area contributed by atoms with Gasteiger partial charge in [-0.1, -0.05) is 12.1 Å². The van der Waals surface area contributed by atoms with Gasteiger partial charge in [0.2, 0.25) is 0 Å². The van der Waals surface area contributed by atoms with Gasteiger partial charge in [0.25, 0.3) is 0 Å². The smallest absolute Gasteiger partial charge is 0.191 e. The van der Waals surface area contributed by atoms with Crippen LogP contribution in [-0.2, 0) is 26.1 Å². The Hall–Kier alpha value is -2.57. The van der Waals surface area contributed by atoms with Gasteiger partial charge in [-0.15, -0.1) is 10.2 Å². The van der Waals surface area contributed by atoms with Crippen molar-refractivity contribution in [3.63, 3.8) is 0 Å². The molecule has 156 valence electrons. The van der Waals surface area contributed by atoms with E-state index in [1.807, 2.05) is 0 Å². The molecule has 1 fully saturated rings. The van der Waals surface area contributed by atoms with Crippen LogP contribution in [0.15, 0.2) is 23.2 Å². The fourth-order valence-electron chi connectivity index (χ4n) is 3.59. The maximum atomic E-state index is 6.08. The third-order valence-electron chi connectivity index (χ3n) is 5.50. The standard InChI is InChI=1S/C22H32N6O/c1-3-23-22(25-14-21-27-26-20-6-4-5-11-28(20)21)24-13-18-10-7-16(2)12-19(18)29-15-17-8-9-17/h7,10,12,17H,3-6,8-9,11,13-15H2,1-2H3,(H2,23,24,25). The van der Waals surface area contributed by atoms with Crippen molar-refractivity contribution in [3.8, 4) is 5.75 Å². The van der Waals surface area contributed by atoms with Gasteiger partial charge >= 0.3 is 0 Å². The molecule has 2 aliphatic rings. The normalized spacial score (nSPS) is 16.4. The Labute approximate surface area is 173 Å². The zero-order valence-electron chi connectivity index (χ0n) is 17.6. The summed E-state index contributed by atoms with van der Waals surface area (Å²) in [4.78, 5) is 4.79. The number of nitrogens with one attached hydrogen (secondary N) is 2. The Morgan fingerprint density at radius 2 is 2.14 bits per heavy atom. The molecule has 1 aliphatic carbocycles. The third kappa shape index (κ3) is 5.28. The lowest BCUT2D eigenvalue weighted by Gasteiger charge is -2.16. The molecule has 29 heavy (non-hydrogen) atoms. The minimum Gasteiger partial charge on any atom is -0.493 e. The van der Waals surface area contributed by atoms with E-state index in [0.29, 0.717) is 13.1 Å². The highest BCUT2D eigenvalue weighted by Gasteiger charge is 2.22. The van der Waals surface area contributed by atoms with Crippen LogP contribution in [0.3, 0.4) is 0 Å². The Bertz CT molecular complexity index is 855. The molecule has 1 saturated carbocycles. The molecule has 4 rings (SSSR count). The molecule has 1 aliphatic heterocycles. The summed E-state index contributed by atoms with van der Waals surface area (Å²) in [6.45, 7) is 8.01. The minimum absolute atomic E-state index is 0.577. The van der Waals surface area contributed by atoms with Crippen molar-refractivity contribution < 1.29 is 4.74 Å². The number of rotatable bonds is 8. The number of fused-ring (bicyclic) bond motifs is 1. The number of aliphatic imine (C=N–C) groups is 1. The zero-order valence-corrected chi connectivity index (χ0v) is 17.6. The Kier molecular flexibility index (Phi) is 6.32. The third-order valence-corrected chi connectivity index (χ3v) is 5.50. The van der Waals surface area contributed by atoms with Crippen LogP contribution in [0.25, 0.3) is 0 Å². The first-order valence-electron chi connectivity index (χ1n) is 10.9. The molecule has 0 radical (unpaired) electrons. The van der Waals surface area contributed by atoms with Gasteiger partial charge in [-0.2, -0.15) is 0 Å². The van der Waals surface area contributed by atoms with E-state index in [4.69, 9.17) is 9.73 Å². The summed E-state index contributed by atoms with van der Waals surface area (Å²) in [6, 6.07) is 6.37.